The molecular weight excluding hydrogens is 390 g/mol. The molecule has 2 bridgehead atoms. The summed E-state index contributed by atoms with van der Waals surface area (Å²) in [5.41, 5.74) is 3.98. The molecule has 0 spiro atoms. The Balaban J connectivity index is 1.57. The molecule has 158 valence electrons. The summed E-state index contributed by atoms with van der Waals surface area (Å²) in [4.78, 5) is 7.49. The van der Waals surface area contributed by atoms with Gasteiger partial charge in [0, 0.05) is 23.1 Å². The zero-order chi connectivity index (χ0) is 21.2. The monoisotopic (exact) mass is 416 g/mol. The van der Waals surface area contributed by atoms with Crippen LogP contribution in [-0.2, 0) is 6.54 Å². The van der Waals surface area contributed by atoms with Crippen molar-refractivity contribution >= 4 is 5.71 Å². The fourth-order valence-corrected chi connectivity index (χ4v) is 5.22. The number of benzene rings is 3. The van der Waals surface area contributed by atoms with Gasteiger partial charge in [-0.25, -0.2) is 8.78 Å². The van der Waals surface area contributed by atoms with Crippen LogP contribution in [0.2, 0.25) is 0 Å². The highest BCUT2D eigenvalue weighted by atomic mass is 19.1. The molecule has 3 aromatic carbocycles. The molecule has 0 aromatic heterocycles. The van der Waals surface area contributed by atoms with Crippen molar-refractivity contribution in [1.82, 2.24) is 4.90 Å². The van der Waals surface area contributed by atoms with Crippen LogP contribution in [0.15, 0.2) is 83.9 Å². The van der Waals surface area contributed by atoms with Gasteiger partial charge in [-0.2, -0.15) is 0 Å². The molecule has 0 N–H and O–H groups in total. The van der Waals surface area contributed by atoms with Gasteiger partial charge in [0.05, 0.1) is 12.6 Å². The van der Waals surface area contributed by atoms with Crippen LogP contribution in [0.4, 0.5) is 8.78 Å². The fraction of sp³-hybridized carbons (Fsp3) is 0.296. The molecule has 3 heterocycles. The van der Waals surface area contributed by atoms with Crippen molar-refractivity contribution < 1.29 is 8.78 Å². The molecule has 3 aliphatic rings. The second-order valence-corrected chi connectivity index (χ2v) is 8.53. The lowest BCUT2D eigenvalue weighted by atomic mass is 9.72. The van der Waals surface area contributed by atoms with E-state index in [1.54, 1.807) is 0 Å². The number of hydrogen-bond acceptors (Lipinski definition) is 2. The first-order chi connectivity index (χ1) is 15.2. The van der Waals surface area contributed by atoms with E-state index in [0.717, 1.165) is 37.7 Å². The average Bonchev–Trinajstić information content (AvgIpc) is 2.82. The standard InChI is InChI=1S/C27H26F2N2/c28-23-11-12-24(29)22(17-23)18-30-26-21-13-15-31(16-14-21)27(26)25(19-7-3-1-4-8-19)20-9-5-2-6-10-20/h1-12,17,21,25,27H,13-16,18H2/b30-26+. The Kier molecular flexibility index (Phi) is 5.65. The molecule has 0 amide bonds. The number of hydrogen-bond donors (Lipinski definition) is 0. The topological polar surface area (TPSA) is 15.6 Å². The molecular formula is C27H26F2N2. The summed E-state index contributed by atoms with van der Waals surface area (Å²) >= 11 is 0. The van der Waals surface area contributed by atoms with Gasteiger partial charge in [-0.3, -0.25) is 9.89 Å². The van der Waals surface area contributed by atoms with E-state index in [4.69, 9.17) is 4.99 Å². The van der Waals surface area contributed by atoms with Gasteiger partial charge in [0.15, 0.2) is 0 Å². The predicted octanol–water partition coefficient (Wildman–Crippen LogP) is 5.83. The van der Waals surface area contributed by atoms with Gasteiger partial charge < -0.3 is 0 Å². The maximum absolute atomic E-state index is 14.3. The van der Waals surface area contributed by atoms with Gasteiger partial charge in [-0.15, -0.1) is 0 Å². The molecule has 3 saturated heterocycles. The molecule has 3 aromatic rings. The summed E-state index contributed by atoms with van der Waals surface area (Å²) in [7, 11) is 0. The highest BCUT2D eigenvalue weighted by molar-refractivity contribution is 5.94. The molecule has 1 unspecified atom stereocenters. The zero-order valence-corrected chi connectivity index (χ0v) is 17.4. The van der Waals surface area contributed by atoms with Crippen molar-refractivity contribution in [3.63, 3.8) is 0 Å². The van der Waals surface area contributed by atoms with Crippen LogP contribution in [0.3, 0.4) is 0 Å². The second-order valence-electron chi connectivity index (χ2n) is 8.53. The summed E-state index contributed by atoms with van der Waals surface area (Å²) < 4.78 is 27.9. The molecule has 3 fully saturated rings. The quantitative estimate of drug-likeness (QED) is 0.511. The van der Waals surface area contributed by atoms with Gasteiger partial charge in [-0.05, 0) is 55.3 Å². The highest BCUT2D eigenvalue weighted by Gasteiger charge is 2.43. The Morgan fingerprint density at radius 2 is 1.45 bits per heavy atom. The Morgan fingerprint density at radius 3 is 2.06 bits per heavy atom. The van der Waals surface area contributed by atoms with Gasteiger partial charge in [0.1, 0.15) is 11.6 Å². The molecule has 2 nitrogen and oxygen atoms in total. The highest BCUT2D eigenvalue weighted by Crippen LogP contribution is 2.40. The first-order valence-electron chi connectivity index (χ1n) is 11.0. The van der Waals surface area contributed by atoms with Crippen LogP contribution in [-0.4, -0.2) is 29.7 Å². The third kappa shape index (κ3) is 4.05. The van der Waals surface area contributed by atoms with Gasteiger partial charge >= 0.3 is 0 Å². The van der Waals surface area contributed by atoms with E-state index < -0.39 is 11.6 Å². The minimum Gasteiger partial charge on any atom is -0.294 e. The summed E-state index contributed by atoms with van der Waals surface area (Å²) in [6.07, 6.45) is 2.16. The Labute approximate surface area is 182 Å². The van der Waals surface area contributed by atoms with E-state index in [1.165, 1.54) is 23.3 Å². The fourth-order valence-electron chi connectivity index (χ4n) is 5.22. The van der Waals surface area contributed by atoms with E-state index in [2.05, 4.69) is 53.4 Å². The molecule has 6 rings (SSSR count). The molecule has 0 aliphatic carbocycles. The average molecular weight is 417 g/mol. The van der Waals surface area contributed by atoms with Crippen molar-refractivity contribution in [2.45, 2.75) is 31.3 Å². The Hall–Kier alpha value is -2.85. The smallest absolute Gasteiger partial charge is 0.128 e. The van der Waals surface area contributed by atoms with Gasteiger partial charge in [0.25, 0.3) is 0 Å². The zero-order valence-electron chi connectivity index (χ0n) is 17.4. The predicted molar refractivity (Wildman–Crippen MR) is 120 cm³/mol. The normalized spacial score (nSPS) is 24.1. The van der Waals surface area contributed by atoms with Crippen LogP contribution in [0.5, 0.6) is 0 Å². The van der Waals surface area contributed by atoms with Crippen LogP contribution in [0.1, 0.15) is 35.4 Å². The minimum atomic E-state index is -0.423. The first kappa shape index (κ1) is 20.1. The Morgan fingerprint density at radius 1 is 0.839 bits per heavy atom. The Bertz CT molecular complexity index is 1020. The molecule has 0 radical (unpaired) electrons. The van der Waals surface area contributed by atoms with Gasteiger partial charge in [-0.1, -0.05) is 60.7 Å². The van der Waals surface area contributed by atoms with Crippen molar-refractivity contribution in [2.24, 2.45) is 10.9 Å². The maximum atomic E-state index is 14.3. The summed E-state index contributed by atoms with van der Waals surface area (Å²) in [5, 5.41) is 0. The number of piperidine rings is 3. The maximum Gasteiger partial charge on any atom is 0.128 e. The van der Waals surface area contributed by atoms with Gasteiger partial charge in [0.2, 0.25) is 0 Å². The number of rotatable bonds is 5. The lowest BCUT2D eigenvalue weighted by Crippen LogP contribution is -2.58. The van der Waals surface area contributed by atoms with E-state index in [-0.39, 0.29) is 18.5 Å². The number of fused-ring (bicyclic) bond motifs is 3. The van der Waals surface area contributed by atoms with Crippen LogP contribution >= 0.6 is 0 Å². The van der Waals surface area contributed by atoms with Crippen LogP contribution in [0, 0.1) is 17.6 Å². The van der Waals surface area contributed by atoms with E-state index in [0.29, 0.717) is 11.5 Å². The van der Waals surface area contributed by atoms with E-state index in [9.17, 15) is 8.78 Å². The number of nitrogens with zero attached hydrogens (tertiary/aromatic N) is 2. The molecule has 31 heavy (non-hydrogen) atoms. The SMILES string of the molecule is Fc1ccc(F)c(C/N=C2\C3CCN(CC3)C2C(c2ccccc2)c2ccccc2)c1. The summed E-state index contributed by atoms with van der Waals surface area (Å²) in [6, 6.07) is 24.9. The largest absolute Gasteiger partial charge is 0.294 e. The van der Waals surface area contributed by atoms with Crippen LogP contribution < -0.4 is 0 Å². The van der Waals surface area contributed by atoms with E-state index >= 15 is 0 Å². The molecule has 4 heteroatoms. The van der Waals surface area contributed by atoms with Crippen molar-refractivity contribution in [3.05, 3.63) is 107 Å². The van der Waals surface area contributed by atoms with Crippen molar-refractivity contribution in [3.8, 4) is 0 Å². The summed E-state index contributed by atoms with van der Waals surface area (Å²) in [5.74, 6) is -0.261. The van der Waals surface area contributed by atoms with Crippen LogP contribution in [0.25, 0.3) is 0 Å². The molecule has 3 aliphatic heterocycles. The second kappa shape index (κ2) is 8.72. The lowest BCUT2D eigenvalue weighted by Gasteiger charge is -2.49. The first-order valence-corrected chi connectivity index (χ1v) is 11.0. The summed E-state index contributed by atoms with van der Waals surface area (Å²) in [6.45, 7) is 2.29. The third-order valence-corrected chi connectivity index (χ3v) is 6.72. The number of halogens is 2. The third-order valence-electron chi connectivity index (χ3n) is 6.72. The number of aliphatic imine (C=N–C) groups is 1. The molecule has 0 saturated carbocycles. The van der Waals surface area contributed by atoms with Crippen molar-refractivity contribution in [1.29, 1.82) is 0 Å². The minimum absolute atomic E-state index is 0.133. The molecule has 1 atom stereocenters. The van der Waals surface area contributed by atoms with E-state index in [1.807, 2.05) is 12.1 Å². The van der Waals surface area contributed by atoms with Crippen molar-refractivity contribution in [2.75, 3.05) is 13.1 Å². The lowest BCUT2D eigenvalue weighted by molar-refractivity contribution is 0.135.